The molecule has 0 saturated heterocycles. The molecule has 0 saturated carbocycles. The predicted octanol–water partition coefficient (Wildman–Crippen LogP) is 1.52. The smallest absolute Gasteiger partial charge is 0.0683 e. The Morgan fingerprint density at radius 2 is 2.36 bits per heavy atom. The van der Waals surface area contributed by atoms with Gasteiger partial charge in [-0.3, -0.25) is 10.1 Å². The van der Waals surface area contributed by atoms with Gasteiger partial charge in [-0.15, -0.1) is 0 Å². The highest BCUT2D eigenvalue weighted by Crippen LogP contribution is 2.09. The summed E-state index contributed by atoms with van der Waals surface area (Å²) in [5.41, 5.74) is 2.17. The Morgan fingerprint density at radius 3 is 3.18 bits per heavy atom. The Hall–Kier alpha value is -1.38. The summed E-state index contributed by atoms with van der Waals surface area (Å²) in [6.45, 7) is 2.09. The Bertz CT molecular complexity index is 364. The Labute approximate surface area is 64.5 Å². The lowest BCUT2D eigenvalue weighted by atomic mass is 10.2. The molecule has 2 aromatic heterocycles. The van der Waals surface area contributed by atoms with Crippen LogP contribution in [0.15, 0.2) is 18.5 Å². The average Bonchev–Trinajstić information content (AvgIpc) is 2.50. The van der Waals surface area contributed by atoms with E-state index in [4.69, 9.17) is 0 Å². The van der Waals surface area contributed by atoms with Crippen LogP contribution in [0.5, 0.6) is 0 Å². The topological polar surface area (TPSA) is 41.6 Å². The van der Waals surface area contributed by atoms with Gasteiger partial charge < -0.3 is 0 Å². The van der Waals surface area contributed by atoms with E-state index in [1.54, 1.807) is 6.20 Å². The molecular weight excluding hydrogens is 138 g/mol. The lowest BCUT2D eigenvalue weighted by Crippen LogP contribution is -1.84. The van der Waals surface area contributed by atoms with Gasteiger partial charge in [-0.1, -0.05) is 6.92 Å². The molecule has 0 atom stereocenters. The molecule has 2 aromatic rings. The monoisotopic (exact) mass is 147 g/mol. The second-order valence-corrected chi connectivity index (χ2v) is 2.49. The zero-order chi connectivity index (χ0) is 7.68. The molecule has 0 spiro atoms. The number of aromatic amines is 1. The van der Waals surface area contributed by atoms with Crippen LogP contribution >= 0.6 is 0 Å². The summed E-state index contributed by atoms with van der Waals surface area (Å²) in [4.78, 5) is 4.24. The van der Waals surface area contributed by atoms with Crippen molar-refractivity contribution in [3.63, 3.8) is 0 Å². The standard InChI is InChI=1S/C8H9N3/c1-2-7-3-8-6(4-9-7)5-10-11-8/h3-5H,2H2,1H3,(H,10,11). The molecule has 2 heterocycles. The minimum atomic E-state index is 0.967. The summed E-state index contributed by atoms with van der Waals surface area (Å²) >= 11 is 0. The Balaban J connectivity index is 2.67. The van der Waals surface area contributed by atoms with Gasteiger partial charge in [-0.2, -0.15) is 5.10 Å². The van der Waals surface area contributed by atoms with Crippen molar-refractivity contribution in [2.45, 2.75) is 13.3 Å². The van der Waals surface area contributed by atoms with Crippen molar-refractivity contribution in [1.82, 2.24) is 15.2 Å². The van der Waals surface area contributed by atoms with Gasteiger partial charge in [-0.25, -0.2) is 0 Å². The molecule has 0 aliphatic heterocycles. The van der Waals surface area contributed by atoms with Crippen molar-refractivity contribution in [2.75, 3.05) is 0 Å². The molecule has 0 unspecified atom stereocenters. The van der Waals surface area contributed by atoms with Gasteiger partial charge in [0.2, 0.25) is 0 Å². The van der Waals surface area contributed by atoms with Crippen molar-refractivity contribution in [3.8, 4) is 0 Å². The third kappa shape index (κ3) is 0.981. The minimum absolute atomic E-state index is 0.967. The SMILES string of the molecule is CCc1cc2[nH]ncc2cn1. The molecule has 0 amide bonds. The maximum Gasteiger partial charge on any atom is 0.0683 e. The van der Waals surface area contributed by atoms with Gasteiger partial charge in [0.05, 0.1) is 11.7 Å². The third-order valence-corrected chi connectivity index (χ3v) is 1.74. The predicted molar refractivity (Wildman–Crippen MR) is 43.3 cm³/mol. The number of H-pyrrole nitrogens is 1. The summed E-state index contributed by atoms with van der Waals surface area (Å²) in [5.74, 6) is 0. The van der Waals surface area contributed by atoms with Crippen molar-refractivity contribution in [2.24, 2.45) is 0 Å². The fraction of sp³-hybridized carbons (Fsp3) is 0.250. The molecule has 2 rings (SSSR count). The first kappa shape index (κ1) is 6.34. The highest BCUT2D eigenvalue weighted by atomic mass is 15.1. The first-order valence-corrected chi connectivity index (χ1v) is 3.68. The van der Waals surface area contributed by atoms with Crippen LogP contribution in [-0.4, -0.2) is 15.2 Å². The van der Waals surface area contributed by atoms with E-state index in [-0.39, 0.29) is 0 Å². The van der Waals surface area contributed by atoms with Crippen LogP contribution in [0.25, 0.3) is 10.9 Å². The Morgan fingerprint density at radius 1 is 1.45 bits per heavy atom. The summed E-state index contributed by atoms with van der Waals surface area (Å²) in [5, 5.41) is 7.89. The molecule has 0 radical (unpaired) electrons. The first-order valence-electron chi connectivity index (χ1n) is 3.68. The molecule has 0 aliphatic rings. The number of hydrogen-bond acceptors (Lipinski definition) is 2. The minimum Gasteiger partial charge on any atom is -0.278 e. The normalized spacial score (nSPS) is 10.6. The fourth-order valence-corrected chi connectivity index (χ4v) is 1.07. The van der Waals surface area contributed by atoms with E-state index >= 15 is 0 Å². The summed E-state index contributed by atoms with van der Waals surface area (Å²) in [6.07, 6.45) is 4.59. The molecule has 3 nitrogen and oxygen atoms in total. The van der Waals surface area contributed by atoms with Gasteiger partial charge in [0.15, 0.2) is 0 Å². The lowest BCUT2D eigenvalue weighted by Gasteiger charge is -1.93. The molecule has 0 bridgehead atoms. The molecule has 0 aliphatic carbocycles. The van der Waals surface area contributed by atoms with Gasteiger partial charge in [0, 0.05) is 17.3 Å². The van der Waals surface area contributed by atoms with E-state index in [2.05, 4.69) is 22.1 Å². The van der Waals surface area contributed by atoms with Crippen LogP contribution in [0.2, 0.25) is 0 Å². The molecule has 11 heavy (non-hydrogen) atoms. The third-order valence-electron chi connectivity index (χ3n) is 1.74. The van der Waals surface area contributed by atoms with Crippen LogP contribution in [0.4, 0.5) is 0 Å². The fourth-order valence-electron chi connectivity index (χ4n) is 1.07. The summed E-state index contributed by atoms with van der Waals surface area (Å²) in [6, 6.07) is 2.03. The van der Waals surface area contributed by atoms with Crippen LogP contribution in [-0.2, 0) is 6.42 Å². The highest BCUT2D eigenvalue weighted by Gasteiger charge is 1.96. The average molecular weight is 147 g/mol. The quantitative estimate of drug-likeness (QED) is 0.664. The Kier molecular flexibility index (Phi) is 1.35. The van der Waals surface area contributed by atoms with Crippen molar-refractivity contribution in [3.05, 3.63) is 24.2 Å². The van der Waals surface area contributed by atoms with E-state index in [0.717, 1.165) is 23.0 Å². The van der Waals surface area contributed by atoms with Crippen LogP contribution in [0.3, 0.4) is 0 Å². The van der Waals surface area contributed by atoms with E-state index in [0.29, 0.717) is 0 Å². The number of nitrogens with one attached hydrogen (secondary N) is 1. The number of aryl methyl sites for hydroxylation is 1. The van der Waals surface area contributed by atoms with Gasteiger partial charge in [0.1, 0.15) is 0 Å². The van der Waals surface area contributed by atoms with Crippen LogP contribution < -0.4 is 0 Å². The number of fused-ring (bicyclic) bond motifs is 1. The maximum atomic E-state index is 4.24. The number of hydrogen-bond donors (Lipinski definition) is 1. The van der Waals surface area contributed by atoms with Crippen molar-refractivity contribution < 1.29 is 0 Å². The van der Waals surface area contributed by atoms with E-state index in [1.807, 2.05) is 12.3 Å². The molecule has 0 aromatic carbocycles. The molecule has 3 heteroatoms. The first-order chi connectivity index (χ1) is 5.40. The number of pyridine rings is 1. The summed E-state index contributed by atoms with van der Waals surface area (Å²) < 4.78 is 0. The molecule has 1 N–H and O–H groups in total. The van der Waals surface area contributed by atoms with Crippen LogP contribution in [0.1, 0.15) is 12.6 Å². The molecular formula is C8H9N3. The van der Waals surface area contributed by atoms with E-state index in [1.165, 1.54) is 0 Å². The highest BCUT2D eigenvalue weighted by molar-refractivity contribution is 5.76. The lowest BCUT2D eigenvalue weighted by molar-refractivity contribution is 1.04. The van der Waals surface area contributed by atoms with Crippen molar-refractivity contribution >= 4 is 10.9 Å². The van der Waals surface area contributed by atoms with E-state index < -0.39 is 0 Å². The molecule has 0 fully saturated rings. The largest absolute Gasteiger partial charge is 0.278 e. The van der Waals surface area contributed by atoms with Gasteiger partial charge in [-0.05, 0) is 12.5 Å². The number of rotatable bonds is 1. The maximum absolute atomic E-state index is 4.24. The second kappa shape index (κ2) is 2.34. The van der Waals surface area contributed by atoms with Gasteiger partial charge in [0.25, 0.3) is 0 Å². The zero-order valence-electron chi connectivity index (χ0n) is 6.33. The second-order valence-electron chi connectivity index (χ2n) is 2.49. The summed E-state index contributed by atoms with van der Waals surface area (Å²) in [7, 11) is 0. The van der Waals surface area contributed by atoms with E-state index in [9.17, 15) is 0 Å². The number of aromatic nitrogens is 3. The van der Waals surface area contributed by atoms with Gasteiger partial charge >= 0.3 is 0 Å². The molecule has 56 valence electrons. The van der Waals surface area contributed by atoms with Crippen LogP contribution in [0, 0.1) is 0 Å². The van der Waals surface area contributed by atoms with Crippen molar-refractivity contribution in [1.29, 1.82) is 0 Å². The zero-order valence-corrected chi connectivity index (χ0v) is 6.33. The number of nitrogens with zero attached hydrogens (tertiary/aromatic N) is 2.